The lowest BCUT2D eigenvalue weighted by atomic mass is 10.1. The molecule has 0 atom stereocenters. The third kappa shape index (κ3) is 5.53. The zero-order chi connectivity index (χ0) is 16.0. The van der Waals surface area contributed by atoms with Crippen molar-refractivity contribution in [3.63, 3.8) is 0 Å². The fraction of sp³-hybridized carbons (Fsp3) is 0.562. The summed E-state index contributed by atoms with van der Waals surface area (Å²) in [5, 5.41) is 11.0. The van der Waals surface area contributed by atoms with E-state index in [9.17, 15) is 14.9 Å². The maximum absolute atomic E-state index is 12.5. The zero-order valence-corrected chi connectivity index (χ0v) is 13.2. The summed E-state index contributed by atoms with van der Waals surface area (Å²) in [5.74, 6) is 0.698. The minimum atomic E-state index is -0.433. The molecule has 0 N–H and O–H groups in total. The number of nitrogens with zero attached hydrogens (tertiary/aromatic N) is 2. The molecule has 21 heavy (non-hydrogen) atoms. The fourth-order valence-corrected chi connectivity index (χ4v) is 2.27. The Kier molecular flexibility index (Phi) is 6.34. The van der Waals surface area contributed by atoms with Gasteiger partial charge in [0.05, 0.1) is 11.3 Å². The highest BCUT2D eigenvalue weighted by Gasteiger charge is 2.20. The Hall–Kier alpha value is -1.91. The van der Waals surface area contributed by atoms with E-state index in [0.29, 0.717) is 30.5 Å². The molecule has 0 unspecified atom stereocenters. The van der Waals surface area contributed by atoms with Crippen LogP contribution in [0.2, 0.25) is 0 Å². The van der Waals surface area contributed by atoms with E-state index in [0.717, 1.165) is 0 Å². The third-order valence-electron chi connectivity index (χ3n) is 3.05. The molecule has 0 aliphatic rings. The number of hydrogen-bond acceptors (Lipinski definition) is 3. The minimum absolute atomic E-state index is 0.0138. The average Bonchev–Trinajstić information content (AvgIpc) is 2.37. The monoisotopic (exact) mass is 292 g/mol. The number of carbonyl (C=O) groups is 1. The van der Waals surface area contributed by atoms with Crippen molar-refractivity contribution in [3.05, 3.63) is 39.9 Å². The van der Waals surface area contributed by atoms with Gasteiger partial charge in [0.1, 0.15) is 0 Å². The third-order valence-corrected chi connectivity index (χ3v) is 3.05. The molecule has 0 saturated heterocycles. The summed E-state index contributed by atoms with van der Waals surface area (Å²) in [4.78, 5) is 24.8. The van der Waals surface area contributed by atoms with Crippen LogP contribution in [0.15, 0.2) is 24.3 Å². The predicted octanol–water partition coefficient (Wildman–Crippen LogP) is 3.28. The van der Waals surface area contributed by atoms with Gasteiger partial charge in [-0.1, -0.05) is 45.9 Å². The van der Waals surface area contributed by atoms with E-state index >= 15 is 0 Å². The maximum atomic E-state index is 12.5. The molecule has 0 heterocycles. The van der Waals surface area contributed by atoms with Crippen molar-refractivity contribution in [1.82, 2.24) is 4.90 Å². The molecule has 1 aromatic carbocycles. The number of para-hydroxylation sites is 1. The summed E-state index contributed by atoms with van der Waals surface area (Å²) in [7, 11) is 0. The Morgan fingerprint density at radius 3 is 2.14 bits per heavy atom. The number of nitro benzene ring substituents is 1. The molecule has 0 saturated carbocycles. The Bertz CT molecular complexity index is 488. The molecule has 5 heteroatoms. The summed E-state index contributed by atoms with van der Waals surface area (Å²) in [6.45, 7) is 9.60. The molecule has 0 aliphatic heterocycles. The van der Waals surface area contributed by atoms with Crippen molar-refractivity contribution in [1.29, 1.82) is 0 Å². The Morgan fingerprint density at radius 1 is 1.14 bits per heavy atom. The van der Waals surface area contributed by atoms with Crippen LogP contribution < -0.4 is 0 Å². The van der Waals surface area contributed by atoms with Gasteiger partial charge in [-0.25, -0.2) is 0 Å². The minimum Gasteiger partial charge on any atom is -0.342 e. The second-order valence-corrected chi connectivity index (χ2v) is 6.15. The lowest BCUT2D eigenvalue weighted by molar-refractivity contribution is -0.385. The van der Waals surface area contributed by atoms with Crippen LogP contribution >= 0.6 is 0 Å². The number of rotatable bonds is 7. The van der Waals surface area contributed by atoms with Crippen LogP contribution in [0, 0.1) is 22.0 Å². The van der Waals surface area contributed by atoms with E-state index in [4.69, 9.17) is 0 Å². The molecule has 0 bridgehead atoms. The maximum Gasteiger partial charge on any atom is 0.273 e. The molecule has 1 aromatic rings. The highest BCUT2D eigenvalue weighted by atomic mass is 16.6. The normalized spacial score (nSPS) is 11.0. The van der Waals surface area contributed by atoms with Gasteiger partial charge in [0.15, 0.2) is 0 Å². The van der Waals surface area contributed by atoms with E-state index in [1.807, 2.05) is 4.90 Å². The highest BCUT2D eigenvalue weighted by molar-refractivity contribution is 5.80. The summed E-state index contributed by atoms with van der Waals surface area (Å²) < 4.78 is 0. The van der Waals surface area contributed by atoms with E-state index in [1.165, 1.54) is 6.07 Å². The molecule has 0 radical (unpaired) electrons. The Morgan fingerprint density at radius 2 is 1.67 bits per heavy atom. The lowest BCUT2D eigenvalue weighted by Gasteiger charge is -2.26. The second-order valence-electron chi connectivity index (χ2n) is 6.15. The van der Waals surface area contributed by atoms with Gasteiger partial charge in [-0.05, 0) is 11.8 Å². The largest absolute Gasteiger partial charge is 0.342 e. The average molecular weight is 292 g/mol. The SMILES string of the molecule is CC(C)CN(CC(C)C)C(=O)Cc1ccccc1[N+](=O)[O-]. The van der Waals surface area contributed by atoms with Crippen molar-refractivity contribution in [3.8, 4) is 0 Å². The Labute approximate surface area is 126 Å². The van der Waals surface area contributed by atoms with Crippen LogP contribution in [0.1, 0.15) is 33.3 Å². The zero-order valence-electron chi connectivity index (χ0n) is 13.2. The first-order chi connectivity index (χ1) is 9.81. The number of carbonyl (C=O) groups excluding carboxylic acids is 1. The van der Waals surface area contributed by atoms with E-state index in [1.54, 1.807) is 18.2 Å². The first kappa shape index (κ1) is 17.1. The van der Waals surface area contributed by atoms with Gasteiger partial charge in [0.2, 0.25) is 5.91 Å². The first-order valence-corrected chi connectivity index (χ1v) is 7.31. The molecule has 1 rings (SSSR count). The number of hydrogen-bond donors (Lipinski definition) is 0. The molecule has 116 valence electrons. The molecule has 5 nitrogen and oxygen atoms in total. The van der Waals surface area contributed by atoms with Crippen LogP contribution in [0.5, 0.6) is 0 Å². The van der Waals surface area contributed by atoms with Crippen LogP contribution in [0.25, 0.3) is 0 Å². The summed E-state index contributed by atoms with van der Waals surface area (Å²) in [6, 6.07) is 6.44. The van der Waals surface area contributed by atoms with Gasteiger partial charge in [0.25, 0.3) is 5.69 Å². The summed E-state index contributed by atoms with van der Waals surface area (Å²) in [5.41, 5.74) is 0.491. The van der Waals surface area contributed by atoms with Gasteiger partial charge in [0, 0.05) is 24.7 Å². The predicted molar refractivity (Wildman–Crippen MR) is 83.1 cm³/mol. The number of amides is 1. The van der Waals surface area contributed by atoms with Gasteiger partial charge < -0.3 is 4.90 Å². The fourth-order valence-electron chi connectivity index (χ4n) is 2.27. The molecule has 1 amide bonds. The quantitative estimate of drug-likeness (QED) is 0.572. The molecule has 0 spiro atoms. The van der Waals surface area contributed by atoms with Crippen molar-refractivity contribution >= 4 is 11.6 Å². The molecular weight excluding hydrogens is 268 g/mol. The topological polar surface area (TPSA) is 63.5 Å². The molecule has 0 aliphatic carbocycles. The van der Waals surface area contributed by atoms with Crippen LogP contribution in [0.3, 0.4) is 0 Å². The number of benzene rings is 1. The van der Waals surface area contributed by atoms with Crippen molar-refractivity contribution < 1.29 is 9.72 Å². The van der Waals surface area contributed by atoms with Gasteiger partial charge in [-0.2, -0.15) is 0 Å². The van der Waals surface area contributed by atoms with Crippen molar-refractivity contribution in [2.24, 2.45) is 11.8 Å². The van der Waals surface area contributed by atoms with Crippen LogP contribution in [0.4, 0.5) is 5.69 Å². The first-order valence-electron chi connectivity index (χ1n) is 7.31. The van der Waals surface area contributed by atoms with Gasteiger partial charge in [-0.3, -0.25) is 14.9 Å². The van der Waals surface area contributed by atoms with E-state index < -0.39 is 4.92 Å². The van der Waals surface area contributed by atoms with Crippen molar-refractivity contribution in [2.75, 3.05) is 13.1 Å². The smallest absolute Gasteiger partial charge is 0.273 e. The number of nitro groups is 1. The van der Waals surface area contributed by atoms with E-state index in [-0.39, 0.29) is 18.0 Å². The van der Waals surface area contributed by atoms with E-state index in [2.05, 4.69) is 27.7 Å². The van der Waals surface area contributed by atoms with Gasteiger partial charge >= 0.3 is 0 Å². The molecular formula is C16H24N2O3. The summed E-state index contributed by atoms with van der Waals surface area (Å²) >= 11 is 0. The standard InChI is InChI=1S/C16H24N2O3/c1-12(2)10-17(11-13(3)4)16(19)9-14-7-5-6-8-15(14)18(20)21/h5-8,12-13H,9-11H2,1-4H3. The second kappa shape index (κ2) is 7.76. The van der Waals surface area contributed by atoms with Crippen LogP contribution in [-0.2, 0) is 11.2 Å². The van der Waals surface area contributed by atoms with Gasteiger partial charge in [-0.15, -0.1) is 0 Å². The summed E-state index contributed by atoms with van der Waals surface area (Å²) in [6.07, 6.45) is 0.0800. The highest BCUT2D eigenvalue weighted by Crippen LogP contribution is 2.19. The van der Waals surface area contributed by atoms with Crippen molar-refractivity contribution in [2.45, 2.75) is 34.1 Å². The van der Waals surface area contributed by atoms with Crippen LogP contribution in [-0.4, -0.2) is 28.8 Å². The molecule has 0 fully saturated rings. The lowest BCUT2D eigenvalue weighted by Crippen LogP contribution is -2.38. The molecule has 0 aromatic heterocycles. The Balaban J connectivity index is 2.88.